The fourth-order valence-corrected chi connectivity index (χ4v) is 4.87. The van der Waals surface area contributed by atoms with E-state index >= 15 is 0 Å². The molecular weight excluding hydrogens is 463 g/mol. The van der Waals surface area contributed by atoms with Gasteiger partial charge in [-0.1, -0.05) is 12.1 Å². The van der Waals surface area contributed by atoms with Gasteiger partial charge in [-0.15, -0.1) is 0 Å². The second kappa shape index (κ2) is 10.6. The lowest BCUT2D eigenvalue weighted by Crippen LogP contribution is -2.46. The van der Waals surface area contributed by atoms with Crippen LogP contribution in [0.3, 0.4) is 0 Å². The minimum atomic E-state index is -4.29. The molecule has 0 bridgehead atoms. The Morgan fingerprint density at radius 3 is 2.62 bits per heavy atom. The molecule has 3 atom stereocenters. The Kier molecular flexibility index (Phi) is 7.57. The molecule has 10 heteroatoms. The third kappa shape index (κ3) is 6.60. The molecule has 0 aliphatic heterocycles. The van der Waals surface area contributed by atoms with Crippen LogP contribution in [0.5, 0.6) is 5.88 Å². The first kappa shape index (κ1) is 24.3. The van der Waals surface area contributed by atoms with Crippen molar-refractivity contribution in [1.29, 1.82) is 0 Å². The van der Waals surface area contributed by atoms with Gasteiger partial charge >= 0.3 is 5.51 Å². The molecule has 1 N–H and O–H groups in total. The highest BCUT2D eigenvalue weighted by Gasteiger charge is 2.35. The van der Waals surface area contributed by atoms with Gasteiger partial charge in [-0.25, -0.2) is 15.0 Å². The third-order valence-corrected chi connectivity index (χ3v) is 6.57. The minimum absolute atomic E-state index is 0.0628. The van der Waals surface area contributed by atoms with Crippen LogP contribution in [-0.4, -0.2) is 51.6 Å². The van der Waals surface area contributed by atoms with E-state index in [0.29, 0.717) is 11.7 Å². The number of likely N-dealkylation sites (N-methyl/N-ethyl adjacent to an activating group) is 1. The van der Waals surface area contributed by atoms with Crippen LogP contribution >= 0.6 is 11.8 Å². The van der Waals surface area contributed by atoms with Gasteiger partial charge in [-0.2, -0.15) is 13.2 Å². The monoisotopic (exact) mass is 489 g/mol. The maximum Gasteiger partial charge on any atom is 0.446 e. The topological polar surface area (TPSA) is 63.2 Å². The molecule has 1 saturated carbocycles. The third-order valence-electron chi connectivity index (χ3n) is 5.84. The molecule has 6 nitrogen and oxygen atoms in total. The van der Waals surface area contributed by atoms with Gasteiger partial charge in [0.05, 0.1) is 11.9 Å². The Morgan fingerprint density at radius 2 is 1.94 bits per heavy atom. The zero-order valence-corrected chi connectivity index (χ0v) is 19.7. The molecule has 0 spiro atoms. The average Bonchev–Trinajstić information content (AvgIpc) is 2.80. The van der Waals surface area contributed by atoms with Crippen molar-refractivity contribution in [3.8, 4) is 5.88 Å². The maximum atomic E-state index is 12.8. The predicted molar refractivity (Wildman–Crippen MR) is 126 cm³/mol. The summed E-state index contributed by atoms with van der Waals surface area (Å²) in [5, 5.41) is 3.15. The summed E-state index contributed by atoms with van der Waals surface area (Å²) >= 11 is -0.0657. The van der Waals surface area contributed by atoms with Gasteiger partial charge in [0.2, 0.25) is 5.88 Å². The molecule has 1 aliphatic carbocycles. The molecule has 0 unspecified atom stereocenters. The molecule has 2 heterocycles. The summed E-state index contributed by atoms with van der Waals surface area (Å²) in [6, 6.07) is 12.4. The fourth-order valence-electron chi connectivity index (χ4n) is 4.26. The van der Waals surface area contributed by atoms with Crippen molar-refractivity contribution in [2.45, 2.75) is 47.7 Å². The number of thioether (sulfide) groups is 1. The summed E-state index contributed by atoms with van der Waals surface area (Å²) in [5.74, 6) is 1.38. The number of rotatable bonds is 7. The van der Waals surface area contributed by atoms with Crippen molar-refractivity contribution in [2.75, 3.05) is 19.4 Å². The molecule has 2 aromatic heterocycles. The van der Waals surface area contributed by atoms with Crippen molar-refractivity contribution in [1.82, 2.24) is 19.9 Å². The predicted octanol–water partition coefficient (Wildman–Crippen LogP) is 5.87. The van der Waals surface area contributed by atoms with E-state index in [-0.39, 0.29) is 34.7 Å². The van der Waals surface area contributed by atoms with Gasteiger partial charge in [0.1, 0.15) is 18.2 Å². The number of hydrogen-bond donors (Lipinski definition) is 1. The maximum absolute atomic E-state index is 12.8. The Hall–Kier alpha value is -2.85. The van der Waals surface area contributed by atoms with Crippen molar-refractivity contribution in [3.63, 3.8) is 0 Å². The molecule has 0 amide bonds. The van der Waals surface area contributed by atoms with Crippen LogP contribution in [0.25, 0.3) is 0 Å². The number of anilines is 2. The minimum Gasteiger partial charge on any atom is -0.473 e. The van der Waals surface area contributed by atoms with Gasteiger partial charge in [-0.05, 0) is 80.9 Å². The normalized spacial score (nSPS) is 20.8. The molecule has 34 heavy (non-hydrogen) atoms. The number of halogens is 3. The molecule has 3 aromatic rings. The Labute approximate surface area is 201 Å². The first-order valence-corrected chi connectivity index (χ1v) is 11.8. The Balaban J connectivity index is 1.40. The SMILES string of the molecule is CN(C)[C@H]1C[C@@H](c2cccc(SC(F)(F)F)c2)CC[C@@H]1Oc1ccc(Nc2ccncn2)cn1. The lowest BCUT2D eigenvalue weighted by atomic mass is 9.79. The molecule has 0 saturated heterocycles. The highest BCUT2D eigenvalue weighted by Crippen LogP contribution is 2.40. The number of benzene rings is 1. The first-order valence-electron chi connectivity index (χ1n) is 10.9. The number of nitrogens with zero attached hydrogens (tertiary/aromatic N) is 4. The van der Waals surface area contributed by atoms with Gasteiger partial charge in [0, 0.05) is 23.2 Å². The van der Waals surface area contributed by atoms with E-state index < -0.39 is 5.51 Å². The summed E-state index contributed by atoms with van der Waals surface area (Å²) in [4.78, 5) is 14.8. The zero-order chi connectivity index (χ0) is 24.1. The van der Waals surface area contributed by atoms with Crippen molar-refractivity contribution in [2.24, 2.45) is 0 Å². The van der Waals surface area contributed by atoms with Crippen LogP contribution in [-0.2, 0) is 0 Å². The summed E-state index contributed by atoms with van der Waals surface area (Å²) in [6.07, 6.45) is 7.17. The fraction of sp³-hybridized carbons (Fsp3) is 0.375. The summed E-state index contributed by atoms with van der Waals surface area (Å²) < 4.78 is 44.6. The molecule has 4 rings (SSSR count). The van der Waals surface area contributed by atoms with Gasteiger partial charge in [-0.3, -0.25) is 0 Å². The van der Waals surface area contributed by atoms with Gasteiger partial charge in [0.15, 0.2) is 0 Å². The summed E-state index contributed by atoms with van der Waals surface area (Å²) in [7, 11) is 4.00. The van der Waals surface area contributed by atoms with E-state index in [4.69, 9.17) is 4.74 Å². The van der Waals surface area contributed by atoms with Crippen LogP contribution in [0.2, 0.25) is 0 Å². The molecule has 180 valence electrons. The first-order chi connectivity index (χ1) is 16.3. The Morgan fingerprint density at radius 1 is 1.09 bits per heavy atom. The zero-order valence-electron chi connectivity index (χ0n) is 18.9. The highest BCUT2D eigenvalue weighted by atomic mass is 32.2. The lowest BCUT2D eigenvalue weighted by molar-refractivity contribution is -0.0328. The Bertz CT molecular complexity index is 1070. The standard InChI is InChI=1S/C24H26F3N5OS/c1-32(2)20-13-17(16-4-3-5-19(12-16)34-24(25,26)27)6-8-21(20)33-23-9-7-18(14-29-23)31-22-10-11-28-15-30-22/h3-5,7,9-12,14-15,17,20-21H,6,8,13H2,1-2H3,(H,28,30,31)/t17-,20-,21-/m0/s1. The summed E-state index contributed by atoms with van der Waals surface area (Å²) in [5.41, 5.74) is -2.56. The van der Waals surface area contributed by atoms with E-state index in [0.717, 1.165) is 30.5 Å². The number of nitrogens with one attached hydrogen (secondary N) is 1. The smallest absolute Gasteiger partial charge is 0.446 e. The van der Waals surface area contributed by atoms with Crippen molar-refractivity contribution >= 4 is 23.3 Å². The summed E-state index contributed by atoms with van der Waals surface area (Å²) in [6.45, 7) is 0. The van der Waals surface area contributed by atoms with Crippen LogP contribution < -0.4 is 10.1 Å². The number of hydrogen-bond acceptors (Lipinski definition) is 7. The lowest BCUT2D eigenvalue weighted by Gasteiger charge is -2.39. The second-order valence-corrected chi connectivity index (χ2v) is 9.56. The van der Waals surface area contributed by atoms with E-state index in [1.54, 1.807) is 30.6 Å². The molecule has 1 fully saturated rings. The van der Waals surface area contributed by atoms with Crippen molar-refractivity contribution < 1.29 is 17.9 Å². The second-order valence-electron chi connectivity index (χ2n) is 8.42. The van der Waals surface area contributed by atoms with Gasteiger partial charge < -0.3 is 15.0 Å². The van der Waals surface area contributed by atoms with E-state index in [2.05, 4.69) is 25.2 Å². The van der Waals surface area contributed by atoms with Crippen LogP contribution in [0, 0.1) is 0 Å². The van der Waals surface area contributed by atoms with E-state index in [1.807, 2.05) is 32.3 Å². The molecule has 1 aliphatic rings. The number of aromatic nitrogens is 3. The molecular formula is C24H26F3N5OS. The molecule has 1 aromatic carbocycles. The van der Waals surface area contributed by atoms with E-state index in [9.17, 15) is 13.2 Å². The van der Waals surface area contributed by atoms with Crippen LogP contribution in [0.15, 0.2) is 66.1 Å². The largest absolute Gasteiger partial charge is 0.473 e. The van der Waals surface area contributed by atoms with Crippen LogP contribution in [0.4, 0.5) is 24.7 Å². The number of pyridine rings is 1. The van der Waals surface area contributed by atoms with Gasteiger partial charge in [0.25, 0.3) is 0 Å². The van der Waals surface area contributed by atoms with E-state index in [1.165, 1.54) is 12.4 Å². The van der Waals surface area contributed by atoms with Crippen LogP contribution in [0.1, 0.15) is 30.7 Å². The number of alkyl halides is 3. The van der Waals surface area contributed by atoms with Crippen molar-refractivity contribution in [3.05, 3.63) is 66.7 Å². The number of ether oxygens (including phenoxy) is 1. The highest BCUT2D eigenvalue weighted by molar-refractivity contribution is 8.00. The quantitative estimate of drug-likeness (QED) is 0.416. The molecule has 0 radical (unpaired) electrons. The average molecular weight is 490 g/mol.